The number of nitrogens with one attached hydrogen (secondary N) is 2. The lowest BCUT2D eigenvalue weighted by Gasteiger charge is -2.11. The van der Waals surface area contributed by atoms with Crippen molar-refractivity contribution in [3.05, 3.63) is 21.6 Å². The van der Waals surface area contributed by atoms with Crippen molar-refractivity contribution in [2.45, 2.75) is 38.7 Å². The molecule has 0 spiro atoms. The van der Waals surface area contributed by atoms with E-state index in [1.54, 1.807) is 20.8 Å². The van der Waals surface area contributed by atoms with E-state index in [9.17, 15) is 18.0 Å². The van der Waals surface area contributed by atoms with Crippen LogP contribution >= 0.6 is 11.3 Å². The molecule has 0 bridgehead atoms. The Bertz CT molecular complexity index is 1000. The summed E-state index contributed by atoms with van der Waals surface area (Å²) in [7, 11) is -3.03. The Morgan fingerprint density at radius 3 is 2.46 bits per heavy atom. The monoisotopic (exact) mass is 429 g/mol. The fraction of sp³-hybridized carbons (Fsp3) is 0.400. The molecule has 2 aromatic heterocycles. The molecule has 0 fully saturated rings. The van der Waals surface area contributed by atoms with Gasteiger partial charge in [-0.25, -0.2) is 22.7 Å². The van der Waals surface area contributed by atoms with Gasteiger partial charge in [0.15, 0.2) is 0 Å². The number of rotatable bonds is 6. The number of aromatic nitrogens is 3. The molecule has 0 aliphatic rings. The van der Waals surface area contributed by atoms with Crippen molar-refractivity contribution in [1.29, 1.82) is 0 Å². The maximum absolute atomic E-state index is 12.7. The second-order valence-electron chi connectivity index (χ2n) is 5.78. The van der Waals surface area contributed by atoms with Gasteiger partial charge in [-0.3, -0.25) is 5.32 Å². The van der Waals surface area contributed by atoms with Crippen LogP contribution in [0.4, 0.5) is 10.7 Å². The number of methoxy groups -OCH3 is 1. The van der Waals surface area contributed by atoms with Crippen LogP contribution in [0, 0.1) is 13.8 Å². The summed E-state index contributed by atoms with van der Waals surface area (Å²) < 4.78 is 37.1. The number of urea groups is 1. The molecule has 2 aromatic rings. The summed E-state index contributed by atoms with van der Waals surface area (Å²) in [6.45, 7) is 6.34. The molecule has 0 aromatic carbocycles. The number of anilines is 1. The first-order chi connectivity index (χ1) is 13.0. The SMILES string of the molecule is COc1nc(C)nc(NC(=O)NS(=O)(=O)c2c(C)csc2C(=O)OC(C)C)n1. The number of sulfonamides is 1. The summed E-state index contributed by atoms with van der Waals surface area (Å²) in [6.07, 6.45) is -0.427. The normalized spacial score (nSPS) is 11.2. The van der Waals surface area contributed by atoms with Crippen LogP contribution in [-0.4, -0.2) is 48.6 Å². The van der Waals surface area contributed by atoms with Crippen molar-refractivity contribution < 1.29 is 27.5 Å². The number of ether oxygens (including phenoxy) is 2. The molecule has 2 rings (SSSR count). The highest BCUT2D eigenvalue weighted by Gasteiger charge is 2.30. The minimum Gasteiger partial charge on any atom is -0.467 e. The van der Waals surface area contributed by atoms with E-state index < -0.39 is 28.1 Å². The van der Waals surface area contributed by atoms with Gasteiger partial charge < -0.3 is 9.47 Å². The van der Waals surface area contributed by atoms with E-state index in [0.717, 1.165) is 11.3 Å². The minimum absolute atomic E-state index is 0.0435. The van der Waals surface area contributed by atoms with Gasteiger partial charge in [-0.05, 0) is 38.6 Å². The molecule has 2 heterocycles. The first-order valence-electron chi connectivity index (χ1n) is 7.93. The van der Waals surface area contributed by atoms with Gasteiger partial charge in [0.25, 0.3) is 10.0 Å². The lowest BCUT2D eigenvalue weighted by Crippen LogP contribution is -2.35. The third kappa shape index (κ3) is 5.13. The number of carbonyl (C=O) groups excluding carboxylic acids is 2. The van der Waals surface area contributed by atoms with Gasteiger partial charge in [0.05, 0.1) is 13.2 Å². The van der Waals surface area contributed by atoms with Gasteiger partial charge in [0.2, 0.25) is 5.95 Å². The maximum Gasteiger partial charge on any atom is 0.350 e. The van der Waals surface area contributed by atoms with E-state index >= 15 is 0 Å². The van der Waals surface area contributed by atoms with Crippen LogP contribution in [0.3, 0.4) is 0 Å². The topological polar surface area (TPSA) is 149 Å². The van der Waals surface area contributed by atoms with Crippen molar-refractivity contribution >= 4 is 39.3 Å². The molecule has 0 atom stereocenters. The molecule has 0 aliphatic heterocycles. The number of hydrogen-bond donors (Lipinski definition) is 2. The molecule has 0 aliphatic carbocycles. The number of aryl methyl sites for hydroxylation is 2. The molecule has 0 saturated carbocycles. The molecule has 0 radical (unpaired) electrons. The van der Waals surface area contributed by atoms with Crippen LogP contribution in [0.15, 0.2) is 10.3 Å². The third-order valence-electron chi connectivity index (χ3n) is 3.08. The van der Waals surface area contributed by atoms with Crippen LogP contribution in [0.5, 0.6) is 6.01 Å². The molecule has 0 unspecified atom stereocenters. The van der Waals surface area contributed by atoms with E-state index in [-0.39, 0.29) is 27.6 Å². The van der Waals surface area contributed by atoms with Gasteiger partial charge in [0, 0.05) is 0 Å². The quantitative estimate of drug-likeness (QED) is 0.653. The predicted octanol–water partition coefficient (Wildman–Crippen LogP) is 1.63. The molecule has 28 heavy (non-hydrogen) atoms. The molecule has 2 amide bonds. The summed E-state index contributed by atoms with van der Waals surface area (Å²) in [5, 5.41) is 3.68. The number of esters is 1. The Labute approximate surface area is 165 Å². The second-order valence-corrected chi connectivity index (χ2v) is 8.28. The van der Waals surface area contributed by atoms with Crippen molar-refractivity contribution in [3.63, 3.8) is 0 Å². The fourth-order valence-electron chi connectivity index (χ4n) is 2.08. The molecule has 0 saturated heterocycles. The Morgan fingerprint density at radius 2 is 1.86 bits per heavy atom. The summed E-state index contributed by atoms with van der Waals surface area (Å²) >= 11 is 0.916. The lowest BCUT2D eigenvalue weighted by atomic mass is 10.3. The van der Waals surface area contributed by atoms with Crippen LogP contribution in [0.1, 0.15) is 34.9 Å². The highest BCUT2D eigenvalue weighted by molar-refractivity contribution is 7.90. The molecule has 2 N–H and O–H groups in total. The van der Waals surface area contributed by atoms with Gasteiger partial charge in [-0.1, -0.05) is 0 Å². The molecule has 11 nitrogen and oxygen atoms in total. The van der Waals surface area contributed by atoms with Crippen molar-refractivity contribution in [2.24, 2.45) is 0 Å². The molecular formula is C15H19N5O6S2. The van der Waals surface area contributed by atoms with Gasteiger partial charge in [-0.2, -0.15) is 15.0 Å². The first kappa shape index (κ1) is 21.5. The molecule has 13 heteroatoms. The van der Waals surface area contributed by atoms with Crippen LogP contribution in [-0.2, 0) is 14.8 Å². The first-order valence-corrected chi connectivity index (χ1v) is 10.3. The second kappa shape index (κ2) is 8.48. The molecule has 152 valence electrons. The molecular weight excluding hydrogens is 410 g/mol. The number of thiophene rings is 1. The van der Waals surface area contributed by atoms with Crippen LogP contribution in [0.25, 0.3) is 0 Å². The zero-order valence-electron chi connectivity index (χ0n) is 15.8. The number of nitrogens with zero attached hydrogens (tertiary/aromatic N) is 3. The average molecular weight is 429 g/mol. The Hall–Kier alpha value is -2.80. The highest BCUT2D eigenvalue weighted by Crippen LogP contribution is 2.28. The minimum atomic E-state index is -4.36. The van der Waals surface area contributed by atoms with E-state index in [1.807, 2.05) is 4.72 Å². The van der Waals surface area contributed by atoms with E-state index in [1.165, 1.54) is 19.4 Å². The smallest absolute Gasteiger partial charge is 0.350 e. The van der Waals surface area contributed by atoms with Crippen molar-refractivity contribution in [1.82, 2.24) is 19.7 Å². The predicted molar refractivity (Wildman–Crippen MR) is 100 cm³/mol. The fourth-order valence-corrected chi connectivity index (χ4v) is 4.66. The maximum atomic E-state index is 12.7. The third-order valence-corrected chi connectivity index (χ3v) is 5.80. The van der Waals surface area contributed by atoms with Gasteiger partial charge in [-0.15, -0.1) is 11.3 Å². The van der Waals surface area contributed by atoms with Crippen molar-refractivity contribution in [2.75, 3.05) is 12.4 Å². The van der Waals surface area contributed by atoms with Crippen molar-refractivity contribution in [3.8, 4) is 6.01 Å². The number of amides is 2. The Kier molecular flexibility index (Phi) is 6.51. The number of hydrogen-bond acceptors (Lipinski definition) is 10. The summed E-state index contributed by atoms with van der Waals surface area (Å²) in [4.78, 5) is 35.4. The summed E-state index contributed by atoms with van der Waals surface area (Å²) in [6, 6.07) is -1.15. The number of carbonyl (C=O) groups is 2. The van der Waals surface area contributed by atoms with Crippen LogP contribution in [0.2, 0.25) is 0 Å². The van der Waals surface area contributed by atoms with E-state index in [2.05, 4.69) is 20.3 Å². The zero-order chi connectivity index (χ0) is 21.1. The lowest BCUT2D eigenvalue weighted by molar-refractivity contribution is 0.0379. The van der Waals surface area contributed by atoms with Crippen LogP contribution < -0.4 is 14.8 Å². The van der Waals surface area contributed by atoms with E-state index in [4.69, 9.17) is 9.47 Å². The Morgan fingerprint density at radius 1 is 1.18 bits per heavy atom. The zero-order valence-corrected chi connectivity index (χ0v) is 17.4. The highest BCUT2D eigenvalue weighted by atomic mass is 32.2. The summed E-state index contributed by atoms with van der Waals surface area (Å²) in [5.74, 6) is -0.720. The standard InChI is InChI=1S/C15H19N5O6S2/c1-7(2)26-12(21)10-11(8(3)6-27-10)28(23,24)20-14(22)18-13-16-9(4)17-15(19-13)25-5/h6-7H,1-5H3,(H2,16,17,18,19,20,22). The Balaban J connectivity index is 2.24. The average Bonchev–Trinajstić information content (AvgIpc) is 2.95. The largest absolute Gasteiger partial charge is 0.467 e. The van der Waals surface area contributed by atoms with Gasteiger partial charge in [0.1, 0.15) is 15.6 Å². The van der Waals surface area contributed by atoms with Gasteiger partial charge >= 0.3 is 18.0 Å². The van der Waals surface area contributed by atoms with E-state index in [0.29, 0.717) is 5.56 Å². The summed E-state index contributed by atoms with van der Waals surface area (Å²) in [5.41, 5.74) is 0.304.